The number of aryl methyl sites for hydroxylation is 2. The highest BCUT2D eigenvalue weighted by atomic mass is 35.5. The van der Waals surface area contributed by atoms with Crippen LogP contribution in [0.25, 0.3) is 0 Å². The van der Waals surface area contributed by atoms with Crippen molar-refractivity contribution >= 4 is 40.8 Å². The van der Waals surface area contributed by atoms with Gasteiger partial charge in [-0.15, -0.1) is 0 Å². The van der Waals surface area contributed by atoms with Crippen molar-refractivity contribution in [2.45, 2.75) is 13.8 Å². The lowest BCUT2D eigenvalue weighted by atomic mass is 10.1. The van der Waals surface area contributed by atoms with Gasteiger partial charge in [0.2, 0.25) is 0 Å². The molecule has 0 bridgehead atoms. The molecule has 0 spiro atoms. The molecule has 6 nitrogen and oxygen atoms in total. The molecule has 2 amide bonds. The number of carbonyl (C=O) groups excluding carboxylic acids is 3. The average Bonchev–Trinajstić information content (AvgIpc) is 2.97. The van der Waals surface area contributed by atoms with Crippen LogP contribution in [-0.2, 0) is 9.59 Å². The summed E-state index contributed by atoms with van der Waals surface area (Å²) in [6.07, 6.45) is 0. The van der Waals surface area contributed by atoms with Crippen LogP contribution in [0, 0.1) is 13.8 Å². The average molecular weight is 447 g/mol. The molecule has 3 aromatic carbocycles. The maximum atomic E-state index is 13.0. The second-order valence-corrected chi connectivity index (χ2v) is 7.76. The number of esters is 1. The Labute approximate surface area is 190 Å². The van der Waals surface area contributed by atoms with Crippen LogP contribution < -0.4 is 15.0 Å². The normalized spacial score (nSPS) is 13.5. The van der Waals surface area contributed by atoms with Gasteiger partial charge in [-0.1, -0.05) is 35.9 Å². The Morgan fingerprint density at radius 2 is 1.50 bits per heavy atom. The number of nitrogens with zero attached hydrogens (tertiary/aromatic N) is 1. The lowest BCUT2D eigenvalue weighted by molar-refractivity contribution is -0.120. The molecule has 0 saturated heterocycles. The number of para-hydroxylation sites is 1. The van der Waals surface area contributed by atoms with E-state index < -0.39 is 17.8 Å². The number of imide groups is 1. The van der Waals surface area contributed by atoms with Crippen molar-refractivity contribution in [1.82, 2.24) is 0 Å². The van der Waals surface area contributed by atoms with E-state index in [0.717, 1.165) is 16.0 Å². The maximum absolute atomic E-state index is 13.0. The topological polar surface area (TPSA) is 75.7 Å². The Morgan fingerprint density at radius 1 is 0.875 bits per heavy atom. The molecule has 1 aliphatic rings. The van der Waals surface area contributed by atoms with Crippen LogP contribution in [0.5, 0.6) is 5.75 Å². The Bertz CT molecular complexity index is 1230. The maximum Gasteiger partial charge on any atom is 0.343 e. The molecule has 0 radical (unpaired) electrons. The summed E-state index contributed by atoms with van der Waals surface area (Å²) in [5.41, 5.74) is 3.14. The van der Waals surface area contributed by atoms with Crippen molar-refractivity contribution in [3.63, 3.8) is 0 Å². The molecule has 3 aromatic rings. The van der Waals surface area contributed by atoms with E-state index >= 15 is 0 Å². The van der Waals surface area contributed by atoms with Crippen LogP contribution in [0.15, 0.2) is 83.5 Å². The van der Waals surface area contributed by atoms with Gasteiger partial charge in [-0.25, -0.2) is 9.69 Å². The molecule has 1 heterocycles. The number of rotatable bonds is 5. The van der Waals surface area contributed by atoms with Gasteiger partial charge in [0.1, 0.15) is 16.5 Å². The zero-order chi connectivity index (χ0) is 22.8. The minimum Gasteiger partial charge on any atom is -0.423 e. The highest BCUT2D eigenvalue weighted by molar-refractivity contribution is 6.53. The van der Waals surface area contributed by atoms with Gasteiger partial charge in [-0.05, 0) is 73.5 Å². The predicted molar refractivity (Wildman–Crippen MR) is 123 cm³/mol. The van der Waals surface area contributed by atoms with Crippen LogP contribution in [0.3, 0.4) is 0 Å². The highest BCUT2D eigenvalue weighted by Gasteiger charge is 2.39. The Morgan fingerprint density at radius 3 is 2.12 bits per heavy atom. The molecule has 0 aliphatic carbocycles. The van der Waals surface area contributed by atoms with Gasteiger partial charge < -0.3 is 10.1 Å². The quantitative estimate of drug-likeness (QED) is 0.340. The number of hydrogen-bond donors (Lipinski definition) is 1. The fourth-order valence-corrected chi connectivity index (χ4v) is 3.63. The van der Waals surface area contributed by atoms with E-state index in [0.29, 0.717) is 22.7 Å². The van der Waals surface area contributed by atoms with Crippen molar-refractivity contribution in [2.75, 3.05) is 10.2 Å². The van der Waals surface area contributed by atoms with E-state index in [-0.39, 0.29) is 10.7 Å². The van der Waals surface area contributed by atoms with Gasteiger partial charge >= 0.3 is 5.97 Å². The number of anilines is 2. The summed E-state index contributed by atoms with van der Waals surface area (Å²) in [7, 11) is 0. The lowest BCUT2D eigenvalue weighted by Gasteiger charge is -2.16. The summed E-state index contributed by atoms with van der Waals surface area (Å²) >= 11 is 6.20. The van der Waals surface area contributed by atoms with Gasteiger partial charge in [0, 0.05) is 5.69 Å². The first kappa shape index (κ1) is 21.3. The van der Waals surface area contributed by atoms with Crippen molar-refractivity contribution in [1.29, 1.82) is 0 Å². The second-order valence-electron chi connectivity index (χ2n) is 7.39. The fraction of sp³-hybridized carbons (Fsp3) is 0.0800. The Hall–Kier alpha value is -3.90. The Kier molecular flexibility index (Phi) is 5.79. The number of hydrogen-bond acceptors (Lipinski definition) is 5. The van der Waals surface area contributed by atoms with E-state index in [1.165, 1.54) is 0 Å². The van der Waals surface area contributed by atoms with E-state index in [2.05, 4.69) is 5.32 Å². The van der Waals surface area contributed by atoms with Crippen molar-refractivity contribution < 1.29 is 19.1 Å². The zero-order valence-corrected chi connectivity index (χ0v) is 18.1. The molecule has 7 heteroatoms. The highest BCUT2D eigenvalue weighted by Crippen LogP contribution is 2.31. The minimum absolute atomic E-state index is 0.0181. The molecule has 0 unspecified atom stereocenters. The first-order valence-corrected chi connectivity index (χ1v) is 10.2. The van der Waals surface area contributed by atoms with E-state index in [4.69, 9.17) is 16.3 Å². The van der Waals surface area contributed by atoms with Crippen LogP contribution in [0.2, 0.25) is 0 Å². The third-order valence-corrected chi connectivity index (χ3v) is 5.19. The van der Waals surface area contributed by atoms with Crippen molar-refractivity contribution in [2.24, 2.45) is 0 Å². The van der Waals surface area contributed by atoms with Crippen LogP contribution in [0.4, 0.5) is 11.4 Å². The summed E-state index contributed by atoms with van der Waals surface area (Å²) in [5.74, 6) is -1.20. The molecule has 1 aliphatic heterocycles. The number of halogens is 1. The largest absolute Gasteiger partial charge is 0.423 e. The molecule has 32 heavy (non-hydrogen) atoms. The first-order chi connectivity index (χ1) is 15.3. The minimum atomic E-state index is -0.591. The standard InChI is InChI=1S/C25H19ClN2O4/c1-15-12-16(2)14-19(13-15)28-23(29)21(26)22(24(28)30)27-18-10-8-17(9-11-18)25(31)32-20-6-4-3-5-7-20/h3-14,27H,1-2H3. The number of amides is 2. The molecule has 1 N–H and O–H groups in total. The van der Waals surface area contributed by atoms with Crippen LogP contribution in [0.1, 0.15) is 21.5 Å². The fourth-order valence-electron chi connectivity index (χ4n) is 3.41. The SMILES string of the molecule is Cc1cc(C)cc(N2C(=O)C(Cl)=C(Nc3ccc(C(=O)Oc4ccccc4)cc3)C2=O)c1. The van der Waals surface area contributed by atoms with Gasteiger partial charge in [0.15, 0.2) is 0 Å². The van der Waals surface area contributed by atoms with E-state index in [1.54, 1.807) is 60.7 Å². The molecule has 0 atom stereocenters. The molecular weight excluding hydrogens is 428 g/mol. The predicted octanol–water partition coefficient (Wildman–Crippen LogP) is 4.96. The van der Waals surface area contributed by atoms with Crippen LogP contribution in [-0.4, -0.2) is 17.8 Å². The van der Waals surface area contributed by atoms with E-state index in [1.807, 2.05) is 26.0 Å². The first-order valence-electron chi connectivity index (χ1n) is 9.84. The summed E-state index contributed by atoms with van der Waals surface area (Å²) in [6, 6.07) is 20.5. The lowest BCUT2D eigenvalue weighted by Crippen LogP contribution is -2.32. The molecule has 0 saturated carbocycles. The summed E-state index contributed by atoms with van der Waals surface area (Å²) in [4.78, 5) is 39.0. The monoisotopic (exact) mass is 446 g/mol. The molecule has 160 valence electrons. The zero-order valence-electron chi connectivity index (χ0n) is 17.4. The van der Waals surface area contributed by atoms with Gasteiger partial charge in [-0.2, -0.15) is 0 Å². The number of ether oxygens (including phenoxy) is 1. The number of carbonyl (C=O) groups is 3. The van der Waals surface area contributed by atoms with Crippen molar-refractivity contribution in [3.8, 4) is 5.75 Å². The third kappa shape index (κ3) is 4.26. The van der Waals surface area contributed by atoms with Crippen molar-refractivity contribution in [3.05, 3.63) is 100 Å². The van der Waals surface area contributed by atoms with Gasteiger partial charge in [-0.3, -0.25) is 9.59 Å². The van der Waals surface area contributed by atoms with Crippen LogP contribution >= 0.6 is 11.6 Å². The summed E-state index contributed by atoms with van der Waals surface area (Å²) in [6.45, 7) is 3.78. The Balaban J connectivity index is 1.50. The van der Waals surface area contributed by atoms with Gasteiger partial charge in [0.25, 0.3) is 11.8 Å². The number of benzene rings is 3. The third-order valence-electron chi connectivity index (χ3n) is 4.84. The summed E-state index contributed by atoms with van der Waals surface area (Å²) in [5, 5.41) is 2.71. The van der Waals surface area contributed by atoms with E-state index in [9.17, 15) is 14.4 Å². The van der Waals surface area contributed by atoms with Gasteiger partial charge in [0.05, 0.1) is 11.3 Å². The molecular formula is C25H19ClN2O4. The molecule has 4 rings (SSSR count). The summed E-state index contributed by atoms with van der Waals surface area (Å²) < 4.78 is 5.31. The molecule has 0 aromatic heterocycles. The molecule has 0 fully saturated rings. The smallest absolute Gasteiger partial charge is 0.343 e. The second kappa shape index (κ2) is 8.69. The number of nitrogens with one attached hydrogen (secondary N) is 1.